The maximum absolute atomic E-state index is 9.41. The zero-order valence-electron chi connectivity index (χ0n) is 9.93. The highest BCUT2D eigenvalue weighted by Gasteiger charge is 2.14. The van der Waals surface area contributed by atoms with Gasteiger partial charge < -0.3 is 20.3 Å². The smallest absolute Gasteiger partial charge is 0.161 e. The lowest BCUT2D eigenvalue weighted by Crippen LogP contribution is -2.23. The van der Waals surface area contributed by atoms with E-state index in [1.54, 1.807) is 26.2 Å². The molecule has 0 aliphatic rings. The molecule has 1 aromatic rings. The molecule has 0 saturated carbocycles. The summed E-state index contributed by atoms with van der Waals surface area (Å²) in [6.45, 7) is 4.15. The molecular weight excluding hydrogens is 206 g/mol. The van der Waals surface area contributed by atoms with Crippen molar-refractivity contribution in [2.45, 2.75) is 26.0 Å². The Hall–Kier alpha value is -1.26. The Morgan fingerprint density at radius 1 is 1.38 bits per heavy atom. The van der Waals surface area contributed by atoms with Crippen molar-refractivity contribution in [1.29, 1.82) is 0 Å². The van der Waals surface area contributed by atoms with Crippen LogP contribution in [0, 0.1) is 0 Å². The molecule has 0 bridgehead atoms. The maximum Gasteiger partial charge on any atom is 0.161 e. The third-order valence-corrected chi connectivity index (χ3v) is 2.39. The van der Waals surface area contributed by atoms with Crippen molar-refractivity contribution in [3.63, 3.8) is 0 Å². The zero-order chi connectivity index (χ0) is 12.1. The number of rotatable bonds is 5. The maximum atomic E-state index is 9.41. The molecule has 4 heteroatoms. The van der Waals surface area contributed by atoms with Crippen LogP contribution in [0.2, 0.25) is 0 Å². The van der Waals surface area contributed by atoms with Gasteiger partial charge in [-0.25, -0.2) is 0 Å². The molecule has 90 valence electrons. The summed E-state index contributed by atoms with van der Waals surface area (Å²) in [5, 5.41) is 9.41. The van der Waals surface area contributed by atoms with Gasteiger partial charge in [0.05, 0.1) is 25.9 Å². The fraction of sp³-hybridized carbons (Fsp3) is 0.500. The van der Waals surface area contributed by atoms with E-state index < -0.39 is 12.1 Å². The minimum Gasteiger partial charge on any atom is -0.493 e. The van der Waals surface area contributed by atoms with Crippen LogP contribution in [-0.4, -0.2) is 24.9 Å². The molecule has 1 rings (SSSR count). The molecule has 2 atom stereocenters. The second kappa shape index (κ2) is 5.72. The van der Waals surface area contributed by atoms with Crippen LogP contribution in [0.4, 0.5) is 0 Å². The molecule has 0 aliphatic heterocycles. The minimum atomic E-state index is -0.595. The van der Waals surface area contributed by atoms with Gasteiger partial charge in [-0.1, -0.05) is 6.07 Å². The largest absolute Gasteiger partial charge is 0.493 e. The molecule has 0 unspecified atom stereocenters. The number of methoxy groups -OCH3 is 1. The standard InChI is InChI=1S/C12H19NO3/c1-4-16-10-6-5-9(7-11(10)15-3)12(13)8(2)14/h5-8,12,14H,4,13H2,1-3H3/t8-,12-/m1/s1. The van der Waals surface area contributed by atoms with Crippen LogP contribution in [-0.2, 0) is 0 Å². The van der Waals surface area contributed by atoms with Gasteiger partial charge in [-0.2, -0.15) is 0 Å². The first-order valence-electron chi connectivity index (χ1n) is 5.34. The van der Waals surface area contributed by atoms with E-state index in [1.807, 2.05) is 13.0 Å². The van der Waals surface area contributed by atoms with Gasteiger partial charge in [-0.3, -0.25) is 0 Å². The minimum absolute atomic E-state index is 0.412. The average Bonchev–Trinajstić information content (AvgIpc) is 2.29. The topological polar surface area (TPSA) is 64.7 Å². The van der Waals surface area contributed by atoms with Crippen molar-refractivity contribution >= 4 is 0 Å². The molecule has 0 aromatic heterocycles. The highest BCUT2D eigenvalue weighted by atomic mass is 16.5. The Labute approximate surface area is 96.0 Å². The summed E-state index contributed by atoms with van der Waals surface area (Å²) >= 11 is 0. The van der Waals surface area contributed by atoms with E-state index >= 15 is 0 Å². The van der Waals surface area contributed by atoms with Crippen molar-refractivity contribution in [2.24, 2.45) is 5.73 Å². The highest BCUT2D eigenvalue weighted by Crippen LogP contribution is 2.30. The SMILES string of the molecule is CCOc1ccc([C@H](N)[C@@H](C)O)cc1OC. The number of aliphatic hydroxyl groups is 1. The zero-order valence-corrected chi connectivity index (χ0v) is 9.93. The van der Waals surface area contributed by atoms with Gasteiger partial charge in [0.25, 0.3) is 0 Å². The van der Waals surface area contributed by atoms with E-state index in [2.05, 4.69) is 0 Å². The molecule has 0 fully saturated rings. The summed E-state index contributed by atoms with van der Waals surface area (Å²) in [5.41, 5.74) is 6.67. The number of ether oxygens (including phenoxy) is 2. The van der Waals surface area contributed by atoms with E-state index in [1.165, 1.54) is 0 Å². The summed E-state index contributed by atoms with van der Waals surface area (Å²) in [7, 11) is 1.58. The van der Waals surface area contributed by atoms with Gasteiger partial charge in [-0.15, -0.1) is 0 Å². The lowest BCUT2D eigenvalue weighted by molar-refractivity contribution is 0.164. The predicted octanol–water partition coefficient (Wildman–Crippen LogP) is 1.47. The van der Waals surface area contributed by atoms with Crippen LogP contribution >= 0.6 is 0 Å². The summed E-state index contributed by atoms with van der Waals surface area (Å²) in [6, 6.07) is 5.03. The summed E-state index contributed by atoms with van der Waals surface area (Å²) in [6.07, 6.45) is -0.595. The van der Waals surface area contributed by atoms with Gasteiger partial charge in [0, 0.05) is 0 Å². The van der Waals surface area contributed by atoms with Crippen LogP contribution in [0.25, 0.3) is 0 Å². The summed E-state index contributed by atoms with van der Waals surface area (Å²) in [4.78, 5) is 0. The number of nitrogens with two attached hydrogens (primary N) is 1. The Bertz CT molecular complexity index is 339. The van der Waals surface area contributed by atoms with E-state index in [0.29, 0.717) is 18.1 Å². The van der Waals surface area contributed by atoms with Crippen LogP contribution in [0.5, 0.6) is 11.5 Å². The Kier molecular flexibility index (Phi) is 4.58. The van der Waals surface area contributed by atoms with E-state index in [9.17, 15) is 5.11 Å². The first kappa shape index (κ1) is 12.8. The molecule has 0 amide bonds. The molecular formula is C12H19NO3. The molecule has 4 nitrogen and oxygen atoms in total. The molecule has 1 aromatic carbocycles. The third-order valence-electron chi connectivity index (χ3n) is 2.39. The first-order valence-corrected chi connectivity index (χ1v) is 5.34. The Morgan fingerprint density at radius 3 is 2.56 bits per heavy atom. The number of benzene rings is 1. The van der Waals surface area contributed by atoms with Crippen molar-refractivity contribution < 1.29 is 14.6 Å². The molecule has 0 saturated heterocycles. The van der Waals surface area contributed by atoms with Gasteiger partial charge in [0.1, 0.15) is 0 Å². The number of hydrogen-bond donors (Lipinski definition) is 2. The van der Waals surface area contributed by atoms with Crippen molar-refractivity contribution in [3.05, 3.63) is 23.8 Å². The lowest BCUT2D eigenvalue weighted by atomic mass is 10.0. The van der Waals surface area contributed by atoms with Crippen LogP contribution < -0.4 is 15.2 Å². The summed E-state index contributed by atoms with van der Waals surface area (Å²) in [5.74, 6) is 1.32. The van der Waals surface area contributed by atoms with Crippen LogP contribution in [0.1, 0.15) is 25.5 Å². The van der Waals surface area contributed by atoms with Crippen molar-refractivity contribution in [1.82, 2.24) is 0 Å². The van der Waals surface area contributed by atoms with Gasteiger partial charge >= 0.3 is 0 Å². The quantitative estimate of drug-likeness (QED) is 0.796. The molecule has 0 spiro atoms. The number of aliphatic hydroxyl groups excluding tert-OH is 1. The van der Waals surface area contributed by atoms with E-state index in [4.69, 9.17) is 15.2 Å². The van der Waals surface area contributed by atoms with E-state index in [0.717, 1.165) is 5.56 Å². The highest BCUT2D eigenvalue weighted by molar-refractivity contribution is 5.44. The second-order valence-electron chi connectivity index (χ2n) is 3.61. The van der Waals surface area contributed by atoms with E-state index in [-0.39, 0.29) is 0 Å². The predicted molar refractivity (Wildman–Crippen MR) is 62.8 cm³/mol. The number of hydrogen-bond acceptors (Lipinski definition) is 4. The third kappa shape index (κ3) is 2.87. The first-order chi connectivity index (χ1) is 7.60. The molecule has 0 aliphatic carbocycles. The second-order valence-corrected chi connectivity index (χ2v) is 3.61. The van der Waals surface area contributed by atoms with Crippen molar-refractivity contribution in [2.75, 3.05) is 13.7 Å². The molecule has 0 heterocycles. The van der Waals surface area contributed by atoms with Crippen molar-refractivity contribution in [3.8, 4) is 11.5 Å². The van der Waals surface area contributed by atoms with Gasteiger partial charge in [-0.05, 0) is 31.5 Å². The van der Waals surface area contributed by atoms with Crippen LogP contribution in [0.3, 0.4) is 0 Å². The fourth-order valence-electron chi connectivity index (χ4n) is 1.44. The Balaban J connectivity index is 2.99. The fourth-order valence-corrected chi connectivity index (χ4v) is 1.44. The summed E-state index contributed by atoms with van der Waals surface area (Å²) < 4.78 is 10.6. The normalized spacial score (nSPS) is 14.3. The molecule has 16 heavy (non-hydrogen) atoms. The average molecular weight is 225 g/mol. The molecule has 3 N–H and O–H groups in total. The monoisotopic (exact) mass is 225 g/mol. The van der Waals surface area contributed by atoms with Gasteiger partial charge in [0.2, 0.25) is 0 Å². The van der Waals surface area contributed by atoms with Gasteiger partial charge in [0.15, 0.2) is 11.5 Å². The lowest BCUT2D eigenvalue weighted by Gasteiger charge is -2.17. The Morgan fingerprint density at radius 2 is 2.06 bits per heavy atom. The van der Waals surface area contributed by atoms with Crippen LogP contribution in [0.15, 0.2) is 18.2 Å². The molecule has 0 radical (unpaired) electrons.